The number of hydrogen-bond donors (Lipinski definition) is 3. The van der Waals surface area contributed by atoms with Gasteiger partial charge in [0.2, 0.25) is 5.91 Å². The van der Waals surface area contributed by atoms with Gasteiger partial charge in [0.25, 0.3) is 0 Å². The predicted octanol–water partition coefficient (Wildman–Crippen LogP) is 7.00. The van der Waals surface area contributed by atoms with E-state index >= 15 is 0 Å². The Hall–Kier alpha value is -1.63. The Balaban J connectivity index is 1.51. The Kier molecular flexibility index (Phi) is 14.3. The minimum atomic E-state index is -0.802. The Bertz CT molecular complexity index is 868. The number of piperidine rings is 1. The zero-order valence-corrected chi connectivity index (χ0v) is 25.9. The number of hydrogen-bond acceptors (Lipinski definition) is 5. The molecule has 228 valence electrons. The number of nitrogens with two attached hydrogens (primary N) is 1. The van der Waals surface area contributed by atoms with E-state index in [0.717, 1.165) is 50.0 Å². The molecule has 6 nitrogen and oxygen atoms in total. The van der Waals surface area contributed by atoms with Gasteiger partial charge in [0.1, 0.15) is 17.5 Å². The van der Waals surface area contributed by atoms with E-state index in [1.54, 1.807) is 0 Å². The molecule has 0 aromatic heterocycles. The zero-order chi connectivity index (χ0) is 28.8. The van der Waals surface area contributed by atoms with Gasteiger partial charge in [0, 0.05) is 18.7 Å². The quantitative estimate of drug-likeness (QED) is 0.169. The number of aliphatic hydroxyl groups is 1. The summed E-state index contributed by atoms with van der Waals surface area (Å²) in [4.78, 5) is 16.0. The highest BCUT2D eigenvalue weighted by atomic mass is 16.5. The van der Waals surface area contributed by atoms with Crippen LogP contribution in [0.4, 0.5) is 0 Å². The molecule has 0 radical (unpaired) electrons. The number of nitrogens with one attached hydrogen (secondary N) is 1. The van der Waals surface area contributed by atoms with Gasteiger partial charge in [0.05, 0.1) is 12.0 Å². The minimum Gasteiger partial charge on any atom is -0.485 e. The number of aliphatic hydroxyl groups excluding tert-OH is 1. The monoisotopic (exact) mass is 557 g/mol. The van der Waals surface area contributed by atoms with Crippen LogP contribution in [0.2, 0.25) is 0 Å². The van der Waals surface area contributed by atoms with Crippen LogP contribution in [0.5, 0.6) is 5.75 Å². The van der Waals surface area contributed by atoms with Crippen molar-refractivity contribution in [3.63, 3.8) is 0 Å². The molecule has 4 N–H and O–H groups in total. The van der Waals surface area contributed by atoms with E-state index in [1.807, 2.05) is 32.0 Å². The molecule has 1 aromatic carbocycles. The topological polar surface area (TPSA) is 87.8 Å². The van der Waals surface area contributed by atoms with Crippen molar-refractivity contribution in [2.45, 2.75) is 147 Å². The minimum absolute atomic E-state index is 0.103. The molecule has 6 heteroatoms. The second-order valence-electron chi connectivity index (χ2n) is 12.9. The molecule has 0 saturated carbocycles. The number of carbonyl (C=O) groups excluding carboxylic acids is 1. The van der Waals surface area contributed by atoms with E-state index in [-0.39, 0.29) is 11.8 Å². The normalized spacial score (nSPS) is 21.4. The third-order valence-corrected chi connectivity index (χ3v) is 9.06. The van der Waals surface area contributed by atoms with Crippen molar-refractivity contribution in [3.8, 4) is 5.75 Å². The van der Waals surface area contributed by atoms with Crippen LogP contribution >= 0.6 is 0 Å². The van der Waals surface area contributed by atoms with Gasteiger partial charge in [-0.05, 0) is 63.9 Å². The van der Waals surface area contributed by atoms with Gasteiger partial charge in [-0.15, -0.1) is 0 Å². The summed E-state index contributed by atoms with van der Waals surface area (Å²) in [6.07, 6.45) is 19.5. The van der Waals surface area contributed by atoms with E-state index < -0.39 is 17.7 Å². The molecule has 2 aliphatic rings. The molecule has 2 heterocycles. The van der Waals surface area contributed by atoms with Crippen LogP contribution in [-0.2, 0) is 4.79 Å². The first-order valence-electron chi connectivity index (χ1n) is 16.6. The first-order valence-corrected chi connectivity index (χ1v) is 16.6. The molecular weight excluding hydrogens is 498 g/mol. The van der Waals surface area contributed by atoms with E-state index in [9.17, 15) is 9.90 Å². The third-order valence-electron chi connectivity index (χ3n) is 9.06. The number of likely N-dealkylation sites (tertiary alicyclic amines) is 1. The van der Waals surface area contributed by atoms with Crippen molar-refractivity contribution >= 4 is 5.91 Å². The number of ether oxygens (including phenoxy) is 1. The van der Waals surface area contributed by atoms with Crippen LogP contribution in [0.15, 0.2) is 18.2 Å². The average Bonchev–Trinajstić information content (AvgIpc) is 2.95. The van der Waals surface area contributed by atoms with Crippen molar-refractivity contribution in [1.82, 2.24) is 10.2 Å². The smallest absolute Gasteiger partial charge is 0.227 e. The van der Waals surface area contributed by atoms with E-state index in [4.69, 9.17) is 10.5 Å². The molecule has 1 fully saturated rings. The highest BCUT2D eigenvalue weighted by Gasteiger charge is 2.41. The maximum absolute atomic E-state index is 13.5. The Labute approximate surface area is 244 Å². The van der Waals surface area contributed by atoms with Gasteiger partial charge in [-0.1, -0.05) is 96.5 Å². The fourth-order valence-corrected chi connectivity index (χ4v) is 6.37. The lowest BCUT2D eigenvalue weighted by molar-refractivity contribution is -0.122. The zero-order valence-electron chi connectivity index (χ0n) is 25.9. The van der Waals surface area contributed by atoms with Crippen molar-refractivity contribution < 1.29 is 14.6 Å². The highest BCUT2D eigenvalue weighted by molar-refractivity contribution is 5.83. The summed E-state index contributed by atoms with van der Waals surface area (Å²) in [7, 11) is 0. The Morgan fingerprint density at radius 3 is 2.23 bits per heavy atom. The fraction of sp³-hybridized carbons (Fsp3) is 0.794. The molecule has 1 amide bonds. The predicted molar refractivity (Wildman–Crippen MR) is 166 cm³/mol. The second kappa shape index (κ2) is 17.4. The number of fused-ring (bicyclic) bond motifs is 1. The van der Waals surface area contributed by atoms with Gasteiger partial charge in [0.15, 0.2) is 0 Å². The maximum atomic E-state index is 13.5. The number of amides is 1. The molecule has 0 aliphatic carbocycles. The third kappa shape index (κ3) is 10.3. The van der Waals surface area contributed by atoms with Gasteiger partial charge < -0.3 is 25.8 Å². The number of nitrogens with zero attached hydrogens (tertiary/aromatic N) is 1. The molecule has 0 bridgehead atoms. The summed E-state index contributed by atoms with van der Waals surface area (Å²) >= 11 is 0. The summed E-state index contributed by atoms with van der Waals surface area (Å²) < 4.78 is 6.07. The van der Waals surface area contributed by atoms with E-state index in [2.05, 4.69) is 17.1 Å². The lowest BCUT2D eigenvalue weighted by Gasteiger charge is -2.41. The van der Waals surface area contributed by atoms with Gasteiger partial charge in [-0.3, -0.25) is 4.79 Å². The summed E-state index contributed by atoms with van der Waals surface area (Å²) in [6, 6.07) is 5.44. The van der Waals surface area contributed by atoms with E-state index in [1.165, 1.54) is 83.5 Å². The lowest BCUT2D eigenvalue weighted by Crippen LogP contribution is -2.51. The summed E-state index contributed by atoms with van der Waals surface area (Å²) in [5.74, 6) is 0.599. The molecule has 2 aliphatic heterocycles. The number of benzene rings is 1. The first kappa shape index (κ1) is 32.9. The van der Waals surface area contributed by atoms with Crippen LogP contribution in [0.1, 0.15) is 147 Å². The average molecular weight is 558 g/mol. The number of rotatable bonds is 18. The Morgan fingerprint density at radius 1 is 1.00 bits per heavy atom. The molecule has 1 saturated heterocycles. The number of unbranched alkanes of at least 4 members (excludes halogenated alkanes) is 11. The summed E-state index contributed by atoms with van der Waals surface area (Å²) in [5, 5.41) is 14.0. The Morgan fingerprint density at radius 2 is 1.60 bits per heavy atom. The molecule has 0 spiro atoms. The van der Waals surface area contributed by atoms with E-state index in [0.29, 0.717) is 12.3 Å². The van der Waals surface area contributed by atoms with Crippen molar-refractivity contribution in [2.24, 2.45) is 5.73 Å². The van der Waals surface area contributed by atoms with Gasteiger partial charge in [-0.25, -0.2) is 0 Å². The largest absolute Gasteiger partial charge is 0.485 e. The van der Waals surface area contributed by atoms with Crippen LogP contribution in [0.3, 0.4) is 0 Å². The molecule has 3 rings (SSSR count). The van der Waals surface area contributed by atoms with Crippen molar-refractivity contribution in [1.29, 1.82) is 0 Å². The van der Waals surface area contributed by atoms with Crippen LogP contribution in [0.25, 0.3) is 0 Å². The van der Waals surface area contributed by atoms with Crippen LogP contribution < -0.4 is 15.8 Å². The summed E-state index contributed by atoms with van der Waals surface area (Å²) in [6.45, 7) is 9.88. The molecule has 40 heavy (non-hydrogen) atoms. The van der Waals surface area contributed by atoms with Gasteiger partial charge in [-0.2, -0.15) is 0 Å². The number of carbonyl (C=O) groups is 1. The van der Waals surface area contributed by atoms with Crippen molar-refractivity contribution in [3.05, 3.63) is 29.3 Å². The standard InChI is InChI=1S/C34H59N3O3/c1-4-5-6-7-8-9-10-11-12-13-14-16-19-28(33(39)36-22-25-37-23-17-15-18-24-37)27-20-21-30-29(26-27)31(35)32(38)34(2,3)40-30/h20-21,26,28,31-32,38H,4-19,22-25,35H2,1-3H3,(H,36,39). The first-order chi connectivity index (χ1) is 19.3. The van der Waals surface area contributed by atoms with Gasteiger partial charge >= 0.3 is 0 Å². The van der Waals surface area contributed by atoms with Crippen molar-refractivity contribution in [2.75, 3.05) is 26.2 Å². The lowest BCUT2D eigenvalue weighted by atomic mass is 9.84. The fourth-order valence-electron chi connectivity index (χ4n) is 6.37. The van der Waals surface area contributed by atoms with Crippen LogP contribution in [-0.4, -0.2) is 53.8 Å². The maximum Gasteiger partial charge on any atom is 0.227 e. The molecular formula is C34H59N3O3. The van der Waals surface area contributed by atoms with Crippen LogP contribution in [0, 0.1) is 0 Å². The SMILES string of the molecule is CCCCCCCCCCCCCCC(C(=O)NCCN1CCCCC1)c1ccc2c(c1)C(N)C(O)C(C)(C)O2. The molecule has 3 unspecified atom stereocenters. The molecule has 1 aromatic rings. The second-order valence-corrected chi connectivity index (χ2v) is 12.9. The molecule has 3 atom stereocenters. The summed E-state index contributed by atoms with van der Waals surface area (Å²) in [5.41, 5.74) is 7.49. The highest BCUT2D eigenvalue weighted by Crippen LogP contribution is 2.40.